The van der Waals surface area contributed by atoms with Crippen molar-refractivity contribution < 1.29 is 13.2 Å². The van der Waals surface area contributed by atoms with Gasteiger partial charge in [-0.15, -0.1) is 0 Å². The van der Waals surface area contributed by atoms with Crippen LogP contribution in [0.4, 0.5) is 0 Å². The van der Waals surface area contributed by atoms with Gasteiger partial charge >= 0.3 is 0 Å². The quantitative estimate of drug-likeness (QED) is 0.780. The molecule has 2 rings (SSSR count). The van der Waals surface area contributed by atoms with Crippen LogP contribution in [-0.2, 0) is 15.0 Å². The Hall–Kier alpha value is -0.660. The number of rotatable bonds is 3. The molecule has 7 heteroatoms. The zero-order valence-electron chi connectivity index (χ0n) is 11.4. The van der Waals surface area contributed by atoms with Crippen LogP contribution in [-0.4, -0.2) is 44.3 Å². The van der Waals surface area contributed by atoms with E-state index in [2.05, 4.69) is 17.0 Å². The van der Waals surface area contributed by atoms with Crippen LogP contribution in [0.25, 0.3) is 0 Å². The maximum atomic E-state index is 12.3. The van der Waals surface area contributed by atoms with Crippen molar-refractivity contribution in [1.82, 2.24) is 14.3 Å². The summed E-state index contributed by atoms with van der Waals surface area (Å²) in [7, 11) is -3.54. The molecule has 0 unspecified atom stereocenters. The number of piperidine rings is 1. The minimum Gasteiger partial charge on any atom is -0.355 e. The van der Waals surface area contributed by atoms with Gasteiger partial charge in [0.25, 0.3) is 10.2 Å². The number of amides is 1. The summed E-state index contributed by atoms with van der Waals surface area (Å²) in [6.45, 7) is 3.79. The van der Waals surface area contributed by atoms with Crippen LogP contribution < -0.4 is 10.0 Å². The largest absolute Gasteiger partial charge is 0.355 e. The number of hydrogen-bond donors (Lipinski definition) is 2. The van der Waals surface area contributed by atoms with Gasteiger partial charge in [-0.05, 0) is 38.0 Å². The fourth-order valence-electron chi connectivity index (χ4n) is 2.67. The van der Waals surface area contributed by atoms with Crippen molar-refractivity contribution in [2.75, 3.05) is 19.6 Å². The Morgan fingerprint density at radius 3 is 2.79 bits per heavy atom. The molecule has 2 atom stereocenters. The van der Waals surface area contributed by atoms with E-state index in [9.17, 15) is 13.2 Å². The van der Waals surface area contributed by atoms with Crippen LogP contribution in [0.1, 0.15) is 39.0 Å². The molecule has 2 fully saturated rings. The molecule has 0 saturated carbocycles. The van der Waals surface area contributed by atoms with E-state index in [-0.39, 0.29) is 5.91 Å². The third kappa shape index (κ3) is 3.90. The van der Waals surface area contributed by atoms with Crippen LogP contribution in [0, 0.1) is 5.92 Å². The maximum Gasteiger partial charge on any atom is 0.280 e. The summed E-state index contributed by atoms with van der Waals surface area (Å²) < 4.78 is 28.6. The molecule has 0 aliphatic carbocycles. The van der Waals surface area contributed by atoms with Crippen LogP contribution in [0.15, 0.2) is 0 Å². The second-order valence-electron chi connectivity index (χ2n) is 5.57. The minimum atomic E-state index is -3.54. The van der Waals surface area contributed by atoms with Crippen LogP contribution >= 0.6 is 0 Å². The van der Waals surface area contributed by atoms with Crippen molar-refractivity contribution in [1.29, 1.82) is 0 Å². The Morgan fingerprint density at radius 1 is 1.26 bits per heavy atom. The first-order chi connectivity index (χ1) is 8.99. The molecule has 0 aromatic rings. The molecule has 0 aromatic carbocycles. The molecule has 19 heavy (non-hydrogen) atoms. The van der Waals surface area contributed by atoms with E-state index in [1.807, 2.05) is 0 Å². The topological polar surface area (TPSA) is 78.5 Å². The third-order valence-corrected chi connectivity index (χ3v) is 5.38. The van der Waals surface area contributed by atoms with Gasteiger partial charge in [-0.1, -0.05) is 6.92 Å². The molecular formula is C12H23N3O3S. The van der Waals surface area contributed by atoms with Gasteiger partial charge in [0.2, 0.25) is 5.91 Å². The zero-order valence-corrected chi connectivity index (χ0v) is 12.2. The van der Waals surface area contributed by atoms with Crippen molar-refractivity contribution in [2.45, 2.75) is 45.1 Å². The number of carbonyl (C=O) groups is 1. The van der Waals surface area contributed by atoms with Crippen molar-refractivity contribution in [3.63, 3.8) is 0 Å². The zero-order chi connectivity index (χ0) is 13.9. The predicted molar refractivity (Wildman–Crippen MR) is 72.7 cm³/mol. The van der Waals surface area contributed by atoms with Crippen molar-refractivity contribution in [3.05, 3.63) is 0 Å². The Balaban J connectivity index is 2.01. The highest BCUT2D eigenvalue weighted by molar-refractivity contribution is 7.87. The number of nitrogens with zero attached hydrogens (tertiary/aromatic N) is 1. The van der Waals surface area contributed by atoms with Gasteiger partial charge in [0.15, 0.2) is 0 Å². The summed E-state index contributed by atoms with van der Waals surface area (Å²) in [5, 5.41) is 2.74. The van der Waals surface area contributed by atoms with E-state index in [4.69, 9.17) is 0 Å². The van der Waals surface area contributed by atoms with E-state index >= 15 is 0 Å². The molecule has 1 amide bonds. The van der Waals surface area contributed by atoms with Gasteiger partial charge in [0.1, 0.15) is 6.04 Å². The summed E-state index contributed by atoms with van der Waals surface area (Å²) in [4.78, 5) is 11.8. The van der Waals surface area contributed by atoms with Gasteiger partial charge in [-0.25, -0.2) is 0 Å². The van der Waals surface area contributed by atoms with Gasteiger partial charge in [0, 0.05) is 19.6 Å². The number of carbonyl (C=O) groups excluding carboxylic acids is 1. The molecular weight excluding hydrogens is 266 g/mol. The Kier molecular flexibility index (Phi) is 4.81. The number of hydrogen-bond acceptors (Lipinski definition) is 3. The molecule has 2 aliphatic rings. The fourth-order valence-corrected chi connectivity index (χ4v) is 4.22. The number of nitrogens with one attached hydrogen (secondary N) is 2. The summed E-state index contributed by atoms with van der Waals surface area (Å²) in [6.07, 6.45) is 4.30. The molecule has 2 heterocycles. The highest BCUT2D eigenvalue weighted by Crippen LogP contribution is 2.18. The van der Waals surface area contributed by atoms with Crippen LogP contribution in [0.2, 0.25) is 0 Å². The molecule has 0 bridgehead atoms. The Bertz CT molecular complexity index is 424. The van der Waals surface area contributed by atoms with Gasteiger partial charge < -0.3 is 5.32 Å². The van der Waals surface area contributed by atoms with Crippen LogP contribution in [0.3, 0.4) is 0 Å². The molecule has 0 radical (unpaired) electrons. The Labute approximate surface area is 115 Å². The first-order valence-electron chi connectivity index (χ1n) is 7.04. The monoisotopic (exact) mass is 289 g/mol. The fraction of sp³-hybridized carbons (Fsp3) is 0.917. The molecule has 0 spiro atoms. The first-order valence-corrected chi connectivity index (χ1v) is 8.48. The van der Waals surface area contributed by atoms with Crippen molar-refractivity contribution in [3.8, 4) is 0 Å². The van der Waals surface area contributed by atoms with Gasteiger partial charge in [0.05, 0.1) is 0 Å². The van der Waals surface area contributed by atoms with E-state index in [1.165, 1.54) is 4.31 Å². The molecule has 2 N–H and O–H groups in total. The lowest BCUT2D eigenvalue weighted by atomic mass is 10.0. The normalized spacial score (nSPS) is 30.7. The molecule has 0 aromatic heterocycles. The minimum absolute atomic E-state index is 0.203. The van der Waals surface area contributed by atoms with Crippen molar-refractivity contribution in [2.24, 2.45) is 5.92 Å². The van der Waals surface area contributed by atoms with E-state index in [0.29, 0.717) is 32.0 Å². The molecule has 2 aliphatic heterocycles. The Morgan fingerprint density at radius 2 is 2.05 bits per heavy atom. The summed E-state index contributed by atoms with van der Waals surface area (Å²) in [5.74, 6) is 0.180. The summed E-state index contributed by atoms with van der Waals surface area (Å²) >= 11 is 0. The standard InChI is InChI=1S/C12H23N3O3S/c1-10-5-4-8-15(9-10)19(17,18)14-11-6-2-3-7-13-12(11)16/h10-11,14H,2-9H2,1H3,(H,13,16)/t10-,11-/m1/s1. The van der Waals surface area contributed by atoms with E-state index < -0.39 is 16.3 Å². The lowest BCUT2D eigenvalue weighted by Gasteiger charge is -2.31. The van der Waals surface area contributed by atoms with E-state index in [1.54, 1.807) is 0 Å². The molecule has 2 saturated heterocycles. The lowest BCUT2D eigenvalue weighted by molar-refractivity contribution is -0.122. The second-order valence-corrected chi connectivity index (χ2v) is 7.27. The SMILES string of the molecule is C[C@@H]1CCCN(S(=O)(=O)N[C@@H]2CCCCNC2=O)C1. The lowest BCUT2D eigenvalue weighted by Crippen LogP contribution is -2.52. The van der Waals surface area contributed by atoms with Crippen molar-refractivity contribution >= 4 is 16.1 Å². The van der Waals surface area contributed by atoms with Gasteiger partial charge in [-0.3, -0.25) is 4.79 Å². The average molecular weight is 289 g/mol. The predicted octanol–water partition coefficient (Wildman–Crippen LogP) is 0.221. The van der Waals surface area contributed by atoms with Gasteiger partial charge in [-0.2, -0.15) is 17.4 Å². The van der Waals surface area contributed by atoms with E-state index in [0.717, 1.165) is 25.7 Å². The highest BCUT2D eigenvalue weighted by atomic mass is 32.2. The summed E-state index contributed by atoms with van der Waals surface area (Å²) in [5.41, 5.74) is 0. The third-order valence-electron chi connectivity index (χ3n) is 3.79. The molecule has 110 valence electrons. The average Bonchev–Trinajstić information content (AvgIpc) is 2.55. The highest BCUT2D eigenvalue weighted by Gasteiger charge is 2.31. The first kappa shape index (κ1) is 14.7. The smallest absolute Gasteiger partial charge is 0.280 e. The molecule has 6 nitrogen and oxygen atoms in total. The maximum absolute atomic E-state index is 12.3. The second kappa shape index (κ2) is 6.19. The van der Waals surface area contributed by atoms with Crippen LogP contribution in [0.5, 0.6) is 0 Å². The summed E-state index contributed by atoms with van der Waals surface area (Å²) in [6, 6.07) is -0.621.